The molecule has 3 N–H and O–H groups in total. The molecular formula is C13H11BrN4O. The van der Waals surface area contributed by atoms with Gasteiger partial charge in [0.15, 0.2) is 0 Å². The smallest absolute Gasteiger partial charge is 0.250 e. The Morgan fingerprint density at radius 2 is 2.21 bits per heavy atom. The molecule has 0 bridgehead atoms. The zero-order valence-corrected chi connectivity index (χ0v) is 11.7. The number of amides is 1. The number of nitrogens with two attached hydrogens (primary N) is 1. The van der Waals surface area contributed by atoms with Crippen LogP contribution >= 0.6 is 15.9 Å². The molecule has 0 aliphatic carbocycles. The van der Waals surface area contributed by atoms with Crippen LogP contribution in [0, 0.1) is 0 Å². The third-order valence-corrected chi connectivity index (χ3v) is 3.79. The number of aromatic nitrogens is 3. The molecule has 1 amide bonds. The highest BCUT2D eigenvalue weighted by Gasteiger charge is 2.14. The minimum Gasteiger partial charge on any atom is -0.366 e. The van der Waals surface area contributed by atoms with E-state index in [1.54, 1.807) is 16.9 Å². The number of nitrogens with zero attached hydrogens (tertiary/aromatic N) is 2. The highest BCUT2D eigenvalue weighted by molar-refractivity contribution is 9.10. The van der Waals surface area contributed by atoms with Crippen LogP contribution in [0.3, 0.4) is 0 Å². The van der Waals surface area contributed by atoms with Crippen LogP contribution < -0.4 is 5.73 Å². The Labute approximate surface area is 117 Å². The van der Waals surface area contributed by atoms with Crippen LogP contribution in [0.1, 0.15) is 10.4 Å². The summed E-state index contributed by atoms with van der Waals surface area (Å²) in [6, 6.07) is 7.41. The summed E-state index contributed by atoms with van der Waals surface area (Å²) >= 11 is 3.48. The number of benzene rings is 1. The molecule has 0 atom stereocenters. The van der Waals surface area contributed by atoms with Gasteiger partial charge in [0.05, 0.1) is 22.5 Å². The summed E-state index contributed by atoms with van der Waals surface area (Å²) in [7, 11) is 1.87. The molecule has 0 radical (unpaired) electrons. The first kappa shape index (κ1) is 12.0. The third kappa shape index (κ3) is 1.84. The first-order valence-electron chi connectivity index (χ1n) is 5.67. The van der Waals surface area contributed by atoms with Gasteiger partial charge in [0.2, 0.25) is 0 Å². The molecule has 3 aromatic rings. The minimum absolute atomic E-state index is 0.448. The lowest BCUT2D eigenvalue weighted by Gasteiger charge is -2.00. The van der Waals surface area contributed by atoms with Crippen LogP contribution in [0.25, 0.3) is 22.3 Å². The number of carbonyl (C=O) groups excluding carboxylic acids is 1. The van der Waals surface area contributed by atoms with Crippen LogP contribution in [0.5, 0.6) is 0 Å². The van der Waals surface area contributed by atoms with E-state index >= 15 is 0 Å². The second-order valence-electron chi connectivity index (χ2n) is 4.27. The summed E-state index contributed by atoms with van der Waals surface area (Å²) in [5, 5.41) is 5.06. The van der Waals surface area contributed by atoms with E-state index in [2.05, 4.69) is 26.0 Å². The molecule has 5 nitrogen and oxygen atoms in total. The van der Waals surface area contributed by atoms with Crippen molar-refractivity contribution in [2.45, 2.75) is 0 Å². The zero-order valence-electron chi connectivity index (χ0n) is 10.1. The summed E-state index contributed by atoms with van der Waals surface area (Å²) in [4.78, 5) is 14.7. The topological polar surface area (TPSA) is 76.7 Å². The third-order valence-electron chi connectivity index (χ3n) is 3.10. The zero-order chi connectivity index (χ0) is 13.6. The van der Waals surface area contributed by atoms with Crippen molar-refractivity contribution in [3.63, 3.8) is 0 Å². The van der Waals surface area contributed by atoms with Gasteiger partial charge in [-0.3, -0.25) is 9.48 Å². The van der Waals surface area contributed by atoms with E-state index in [9.17, 15) is 4.79 Å². The monoisotopic (exact) mass is 318 g/mol. The fraction of sp³-hybridized carbons (Fsp3) is 0.0769. The number of carbonyl (C=O) groups is 1. The molecule has 3 rings (SSSR count). The Morgan fingerprint density at radius 3 is 2.84 bits per heavy atom. The van der Waals surface area contributed by atoms with E-state index in [1.165, 1.54) is 0 Å². The molecule has 2 heterocycles. The maximum absolute atomic E-state index is 11.5. The van der Waals surface area contributed by atoms with Gasteiger partial charge in [-0.25, -0.2) is 0 Å². The molecule has 96 valence electrons. The van der Waals surface area contributed by atoms with Crippen LogP contribution in [0.15, 0.2) is 34.9 Å². The molecule has 0 aliphatic rings. The second-order valence-corrected chi connectivity index (χ2v) is 5.13. The second kappa shape index (κ2) is 4.24. The molecule has 0 fully saturated rings. The number of H-pyrrole nitrogens is 1. The van der Waals surface area contributed by atoms with Crippen molar-refractivity contribution in [1.82, 2.24) is 14.8 Å². The van der Waals surface area contributed by atoms with Crippen molar-refractivity contribution >= 4 is 32.7 Å². The molecule has 0 saturated carbocycles. The highest BCUT2D eigenvalue weighted by Crippen LogP contribution is 2.31. The molecule has 6 heteroatoms. The lowest BCUT2D eigenvalue weighted by molar-refractivity contribution is 0.100. The number of primary amides is 1. The molecule has 0 aliphatic heterocycles. The molecule has 0 unspecified atom stereocenters. The standard InChI is InChI=1S/C13H11BrN4O/c1-18-11(4-5-16-18)10-6-8-9(14)3-2-7(13(15)19)12(8)17-10/h2-6,17H,1H3,(H2,15,19). The van der Waals surface area contributed by atoms with Gasteiger partial charge >= 0.3 is 0 Å². The van der Waals surface area contributed by atoms with Gasteiger partial charge in [-0.15, -0.1) is 0 Å². The first-order valence-corrected chi connectivity index (χ1v) is 6.46. The molecule has 0 spiro atoms. The summed E-state index contributed by atoms with van der Waals surface area (Å²) in [5.41, 5.74) is 8.44. The van der Waals surface area contributed by atoms with Gasteiger partial charge in [-0.2, -0.15) is 5.10 Å². The number of aryl methyl sites for hydroxylation is 1. The van der Waals surface area contributed by atoms with Gasteiger partial charge in [-0.05, 0) is 24.3 Å². The first-order chi connectivity index (χ1) is 9.08. The fourth-order valence-electron chi connectivity index (χ4n) is 2.17. The largest absolute Gasteiger partial charge is 0.366 e. The van der Waals surface area contributed by atoms with Crippen molar-refractivity contribution in [3.8, 4) is 11.4 Å². The van der Waals surface area contributed by atoms with E-state index in [0.29, 0.717) is 5.56 Å². The molecule has 2 aromatic heterocycles. The molecule has 1 aromatic carbocycles. The lowest BCUT2D eigenvalue weighted by atomic mass is 10.1. The average molecular weight is 319 g/mol. The fourth-order valence-corrected chi connectivity index (χ4v) is 2.61. The number of nitrogens with one attached hydrogen (secondary N) is 1. The quantitative estimate of drug-likeness (QED) is 0.761. The van der Waals surface area contributed by atoms with Gasteiger partial charge in [-0.1, -0.05) is 15.9 Å². The van der Waals surface area contributed by atoms with Crippen molar-refractivity contribution in [1.29, 1.82) is 0 Å². The Kier molecular flexibility index (Phi) is 2.67. The Hall–Kier alpha value is -2.08. The van der Waals surface area contributed by atoms with Gasteiger partial charge in [0, 0.05) is 23.1 Å². The van der Waals surface area contributed by atoms with Crippen LogP contribution in [-0.2, 0) is 7.05 Å². The Morgan fingerprint density at radius 1 is 1.42 bits per heavy atom. The summed E-state index contributed by atoms with van der Waals surface area (Å²) in [5.74, 6) is -0.448. The van der Waals surface area contributed by atoms with E-state index in [-0.39, 0.29) is 0 Å². The van der Waals surface area contributed by atoms with Crippen LogP contribution in [0.2, 0.25) is 0 Å². The van der Waals surface area contributed by atoms with Gasteiger partial charge in [0.1, 0.15) is 0 Å². The van der Waals surface area contributed by atoms with E-state index in [4.69, 9.17) is 5.73 Å². The van der Waals surface area contributed by atoms with Crippen LogP contribution in [-0.4, -0.2) is 20.7 Å². The number of aromatic amines is 1. The van der Waals surface area contributed by atoms with E-state index < -0.39 is 5.91 Å². The van der Waals surface area contributed by atoms with Crippen LogP contribution in [0.4, 0.5) is 0 Å². The summed E-state index contributed by atoms with van der Waals surface area (Å²) < 4.78 is 2.68. The Balaban J connectivity index is 2.31. The molecule has 0 saturated heterocycles. The van der Waals surface area contributed by atoms with Gasteiger partial charge in [0.25, 0.3) is 5.91 Å². The minimum atomic E-state index is -0.448. The number of fused-ring (bicyclic) bond motifs is 1. The summed E-state index contributed by atoms with van der Waals surface area (Å²) in [6.07, 6.45) is 1.73. The van der Waals surface area contributed by atoms with E-state index in [1.807, 2.05) is 25.2 Å². The van der Waals surface area contributed by atoms with E-state index in [0.717, 1.165) is 26.8 Å². The lowest BCUT2D eigenvalue weighted by Crippen LogP contribution is -2.11. The molecular weight excluding hydrogens is 308 g/mol. The Bertz CT molecular complexity index is 787. The SMILES string of the molecule is Cn1nccc1-c1cc2c(Br)ccc(C(N)=O)c2[nH]1. The maximum atomic E-state index is 11.5. The molecule has 19 heavy (non-hydrogen) atoms. The predicted molar refractivity (Wildman–Crippen MR) is 76.7 cm³/mol. The van der Waals surface area contributed by atoms with Crippen molar-refractivity contribution in [2.75, 3.05) is 0 Å². The van der Waals surface area contributed by atoms with Crippen molar-refractivity contribution < 1.29 is 4.79 Å². The van der Waals surface area contributed by atoms with Gasteiger partial charge < -0.3 is 10.7 Å². The summed E-state index contributed by atoms with van der Waals surface area (Å²) in [6.45, 7) is 0. The highest BCUT2D eigenvalue weighted by atomic mass is 79.9. The number of hydrogen-bond acceptors (Lipinski definition) is 2. The maximum Gasteiger partial charge on any atom is 0.250 e. The number of halogens is 1. The normalized spacial score (nSPS) is 11.1. The number of hydrogen-bond donors (Lipinski definition) is 2. The number of rotatable bonds is 2. The average Bonchev–Trinajstić information content (AvgIpc) is 2.95. The van der Waals surface area contributed by atoms with Crippen molar-refractivity contribution in [3.05, 3.63) is 40.5 Å². The van der Waals surface area contributed by atoms with Crippen molar-refractivity contribution in [2.24, 2.45) is 12.8 Å². The predicted octanol–water partition coefficient (Wildman–Crippen LogP) is 2.43.